The van der Waals surface area contributed by atoms with Crippen molar-refractivity contribution in [2.75, 3.05) is 0 Å². The van der Waals surface area contributed by atoms with Gasteiger partial charge in [0.05, 0.1) is 0 Å². The van der Waals surface area contributed by atoms with Crippen LogP contribution >= 0.6 is 81.2 Å². The Balaban J connectivity index is -0.0000000333. The first-order valence-electron chi connectivity index (χ1n) is 23.7. The number of rotatable bonds is 0. The molecule has 0 N–H and O–H groups in total. The fourth-order valence-electron chi connectivity index (χ4n) is 4.22. The zero-order chi connectivity index (χ0) is 62.6. The van der Waals surface area contributed by atoms with E-state index in [4.69, 9.17) is 81.2 Å². The van der Waals surface area contributed by atoms with Crippen LogP contribution in [0.2, 0.25) is 35.2 Å². The minimum Gasteiger partial charge on any atom is -1.00 e. The molecule has 11 rings (SSSR count). The van der Waals surface area contributed by atoms with Crippen LogP contribution in [0.4, 0.5) is 39.5 Å². The van der Waals surface area contributed by atoms with Crippen LogP contribution in [0.25, 0.3) is 0 Å². The van der Waals surface area contributed by atoms with Crippen molar-refractivity contribution in [3.05, 3.63) is 391 Å². The van der Waals surface area contributed by atoms with E-state index in [1.165, 1.54) is 54.6 Å². The van der Waals surface area contributed by atoms with Crippen LogP contribution < -0.4 is 136 Å². The van der Waals surface area contributed by atoms with Crippen molar-refractivity contribution in [2.45, 2.75) is 13.8 Å². The number of benzene rings is 11. The molecule has 0 radical (unpaired) electrons. The quantitative estimate of drug-likeness (QED) is 0.0806. The van der Waals surface area contributed by atoms with Gasteiger partial charge in [0.15, 0.2) is 0 Å². The van der Waals surface area contributed by atoms with Crippen LogP contribution in [0.15, 0.2) is 237 Å². The summed E-state index contributed by atoms with van der Waals surface area (Å²) in [6, 6.07) is 87.5. The Morgan fingerprint density at radius 2 is 0.632 bits per heavy atom. The van der Waals surface area contributed by atoms with Gasteiger partial charge < -0.3 is 136 Å². The molecule has 11 aromatic carbocycles. The predicted octanol–water partition coefficient (Wildman–Crippen LogP) is -13.9. The van der Waals surface area contributed by atoms with E-state index >= 15 is 0 Å². The first-order chi connectivity index (χ1) is 40.3. The molecule has 0 saturated carbocycles. The molecule has 0 saturated heterocycles. The Morgan fingerprint density at radius 3 is 0.840 bits per heavy atom. The standard InChI is InChI=1S/2C6H3Cl2.3C6H4Cl.3C6H3F2.3C6H4F.C2H6.11ClH.11Mg/c7-5-2-1-3-6(8)4-5;7-5-3-1-2-4-6(5)8;3*7-6-4-2-1-3-5-6;7-5-1-2-6(8)4-3-5;7-5-2-1-3-6(8)4-5;7-5-3-1-2-4-6(5)8;3*7-6-4-2-1-3-5-6;1-2;;;;;;;;;;;;;;;;;;;;;;/h1-3H;1,3-4H;2-5H;1-2,4-5H;1-4H;1-3H;2-4H;1,3-4H;2-5H;1-2,4-5H;1-4H;1-2H3;11*1H;;;;;;;;;;;/q11*-1;;;;;;;;;;;;;11*+2/p-11. The van der Waals surface area contributed by atoms with Gasteiger partial charge in [-0.25, -0.2) is 17.6 Å². The van der Waals surface area contributed by atoms with Crippen LogP contribution in [-0.4, -0.2) is 254 Å². The molecule has 0 spiro atoms. The van der Waals surface area contributed by atoms with Crippen molar-refractivity contribution in [1.82, 2.24) is 0 Å². The summed E-state index contributed by atoms with van der Waals surface area (Å²) in [4.78, 5) is 0. The Bertz CT molecular complexity index is 2860. The number of hydrogen-bond acceptors (Lipinski definition) is 0. The van der Waals surface area contributed by atoms with Gasteiger partial charge in [-0.1, -0.05) is 49.0 Å². The topological polar surface area (TPSA) is 0 Å². The summed E-state index contributed by atoms with van der Waals surface area (Å²) in [6.45, 7) is 4.00. The summed E-state index contributed by atoms with van der Waals surface area (Å²) in [5.41, 5.74) is 0. The van der Waals surface area contributed by atoms with Crippen molar-refractivity contribution in [3.8, 4) is 0 Å². The van der Waals surface area contributed by atoms with Crippen molar-refractivity contribution in [2.24, 2.45) is 0 Å². The van der Waals surface area contributed by atoms with Crippen molar-refractivity contribution < 1.29 is 176 Å². The van der Waals surface area contributed by atoms with Gasteiger partial charge in [0.1, 0.15) is 0 Å². The van der Waals surface area contributed by atoms with E-state index in [1.54, 1.807) is 103 Å². The third kappa shape index (κ3) is 115. The van der Waals surface area contributed by atoms with Gasteiger partial charge in [0.2, 0.25) is 0 Å². The zero-order valence-corrected chi connectivity index (χ0v) is 85.2. The van der Waals surface area contributed by atoms with E-state index in [0.717, 1.165) is 58.6 Å². The van der Waals surface area contributed by atoms with Crippen molar-refractivity contribution in [1.29, 1.82) is 0 Å². The molecule has 0 bridgehead atoms. The van der Waals surface area contributed by atoms with Crippen LogP contribution in [0.1, 0.15) is 13.8 Å². The molecule has 0 heterocycles. The molecule has 0 aliphatic heterocycles. The number of halogens is 27. The second-order valence-corrected chi connectivity index (χ2v) is 17.0. The molecule has 106 heavy (non-hydrogen) atoms. The van der Waals surface area contributed by atoms with E-state index in [-0.39, 0.29) is 408 Å². The third-order valence-electron chi connectivity index (χ3n) is 7.74. The van der Waals surface area contributed by atoms with Crippen LogP contribution in [0, 0.1) is 119 Å². The monoisotopic (exact) mass is 1930 g/mol. The smallest absolute Gasteiger partial charge is 1.00 e. The minimum absolute atomic E-state index is 0. The fraction of sp³-hybridized carbons (Fsp3) is 0.0294. The molecule has 0 aliphatic carbocycles. The van der Waals surface area contributed by atoms with Gasteiger partial charge in [-0.3, -0.25) is 22.0 Å². The molecule has 0 fully saturated rings. The maximum Gasteiger partial charge on any atom is 2.00 e. The zero-order valence-electron chi connectivity index (χ0n) is 56.0. The molecular formula is C68H45Cl18F9Mg11. The van der Waals surface area contributed by atoms with Crippen molar-refractivity contribution in [3.63, 3.8) is 0 Å². The summed E-state index contributed by atoms with van der Waals surface area (Å²) < 4.78 is 107. The normalized spacial score (nSPS) is 7.00. The second-order valence-electron chi connectivity index (χ2n) is 14.1. The number of hydrogen-bond donors (Lipinski definition) is 0. The van der Waals surface area contributed by atoms with E-state index in [1.807, 2.05) is 44.2 Å². The molecule has 528 valence electrons. The average Bonchev–Trinajstić information content (AvgIpc) is 0.958. The Morgan fingerprint density at radius 1 is 0.236 bits per heavy atom. The molecular weight excluding hydrogens is 1890 g/mol. The van der Waals surface area contributed by atoms with E-state index < -0.39 is 34.9 Å². The third-order valence-corrected chi connectivity index (χ3v) is 9.64. The van der Waals surface area contributed by atoms with E-state index in [9.17, 15) is 39.5 Å². The molecule has 0 amide bonds. The summed E-state index contributed by atoms with van der Waals surface area (Å²) >= 11 is 38.6. The van der Waals surface area contributed by atoms with Gasteiger partial charge in [0.25, 0.3) is 0 Å². The Hall–Kier alpha value is 4.44. The van der Waals surface area contributed by atoms with Gasteiger partial charge in [-0.05, 0) is 0 Å². The maximum absolute atomic E-state index is 11.9. The van der Waals surface area contributed by atoms with Crippen LogP contribution in [0.5, 0.6) is 0 Å². The van der Waals surface area contributed by atoms with Crippen LogP contribution in [0.3, 0.4) is 0 Å². The molecule has 0 aliphatic rings. The minimum atomic E-state index is -0.854. The van der Waals surface area contributed by atoms with Crippen LogP contribution in [-0.2, 0) is 0 Å². The molecule has 0 nitrogen and oxygen atoms in total. The summed E-state index contributed by atoms with van der Waals surface area (Å²) in [7, 11) is 0. The van der Waals surface area contributed by atoms with Crippen molar-refractivity contribution >= 4 is 335 Å². The summed E-state index contributed by atoms with van der Waals surface area (Å²) in [6.07, 6.45) is 0. The summed E-state index contributed by atoms with van der Waals surface area (Å²) in [5, 5.41) is 4.40. The second kappa shape index (κ2) is 123. The molecule has 0 aromatic heterocycles. The largest absolute Gasteiger partial charge is 2.00 e. The first kappa shape index (κ1) is 173. The van der Waals surface area contributed by atoms with Gasteiger partial charge in [-0.15, -0.1) is 155 Å². The Labute approximate surface area is 900 Å². The Kier molecular flexibility index (Phi) is 200. The first-order valence-corrected chi connectivity index (χ1v) is 26.3. The molecule has 0 unspecified atom stereocenters. The van der Waals surface area contributed by atoms with E-state index in [0.29, 0.717) is 25.1 Å². The maximum atomic E-state index is 11.9. The SMILES string of the molecule is CC.Clc1[c-]c(Cl)ccc1.Clc1[c-]cccc1.Clc1c[c-]ccc1.Clc1c[c-]ccc1Cl.Clc1cc[c-]cc1.Fc1[c-]cc(F)cc1.Fc1[c-]cccc1.Fc1c[c-]cc(F)c1.Fc1c[c-]ccc1.Fc1c[c-]ccc1F.Fc1cc[c-]cc1.[Cl-].[Cl-].[Cl-].[Cl-].[Cl-].[Cl-].[Cl-].[Cl-].[Cl-].[Cl-].[Cl-].[Mg+2].[Mg+2].[Mg+2].[Mg+2].[Mg+2].[Mg+2].[Mg+2].[Mg+2].[Mg+2].[Mg+2].[Mg+2]. The fourth-order valence-corrected chi connectivity index (χ4v) is 5.26. The average molecular weight is 1940 g/mol. The molecule has 11 aromatic rings. The van der Waals surface area contributed by atoms with Gasteiger partial charge in [-0.2, -0.15) is 229 Å². The van der Waals surface area contributed by atoms with Gasteiger partial charge in [0, 0.05) is 52.4 Å². The predicted molar refractivity (Wildman–Crippen MR) is 387 cm³/mol. The van der Waals surface area contributed by atoms with Gasteiger partial charge >= 0.3 is 254 Å². The molecule has 0 atom stereocenters. The summed E-state index contributed by atoms with van der Waals surface area (Å²) in [5.74, 6) is -4.62. The molecule has 38 heteroatoms. The van der Waals surface area contributed by atoms with E-state index in [2.05, 4.69) is 66.7 Å².